The molecule has 2 aromatic rings. The summed E-state index contributed by atoms with van der Waals surface area (Å²) in [6, 6.07) is 4.87. The van der Waals surface area contributed by atoms with Crippen molar-refractivity contribution in [2.75, 3.05) is 18.0 Å². The first-order valence-corrected chi connectivity index (χ1v) is 8.18. The number of rotatable bonds is 3. The molecule has 2 heterocycles. The predicted octanol–water partition coefficient (Wildman–Crippen LogP) is 3.70. The van der Waals surface area contributed by atoms with Crippen LogP contribution in [-0.2, 0) is 12.7 Å². The fourth-order valence-electron chi connectivity index (χ4n) is 2.82. The zero-order valence-corrected chi connectivity index (χ0v) is 14.4. The van der Waals surface area contributed by atoms with Crippen LogP contribution in [0.3, 0.4) is 0 Å². The largest absolute Gasteiger partial charge is 0.465 e. The average molecular weight is 419 g/mol. The van der Waals surface area contributed by atoms with Crippen LogP contribution in [0.1, 0.15) is 5.56 Å². The molecule has 0 spiro atoms. The molecule has 1 aliphatic rings. The quantitative estimate of drug-likeness (QED) is 0.796. The van der Waals surface area contributed by atoms with E-state index in [4.69, 9.17) is 5.11 Å². The normalized spacial score (nSPS) is 17.3. The summed E-state index contributed by atoms with van der Waals surface area (Å²) in [6.45, 7) is 1.19. The van der Waals surface area contributed by atoms with E-state index >= 15 is 0 Å². The molecule has 0 aliphatic carbocycles. The lowest BCUT2D eigenvalue weighted by molar-refractivity contribution is -0.137. The van der Waals surface area contributed by atoms with Crippen LogP contribution >= 0.6 is 15.9 Å². The molecule has 0 bridgehead atoms. The van der Waals surface area contributed by atoms with Gasteiger partial charge >= 0.3 is 12.3 Å². The smallest absolute Gasteiger partial charge is 0.416 e. The third-order valence-corrected chi connectivity index (χ3v) is 4.50. The van der Waals surface area contributed by atoms with Crippen LogP contribution in [0.4, 0.5) is 29.5 Å². The van der Waals surface area contributed by atoms with Crippen LogP contribution in [0.25, 0.3) is 0 Å². The highest BCUT2D eigenvalue weighted by Crippen LogP contribution is 2.37. The van der Waals surface area contributed by atoms with Gasteiger partial charge in [0, 0.05) is 31.2 Å². The second-order valence-electron chi connectivity index (χ2n) is 5.71. The molecule has 6 nitrogen and oxygen atoms in total. The number of nitrogens with zero attached hydrogens (tertiary/aromatic N) is 3. The molecule has 0 saturated heterocycles. The highest BCUT2D eigenvalue weighted by Gasteiger charge is 2.32. The van der Waals surface area contributed by atoms with Crippen molar-refractivity contribution in [3.63, 3.8) is 0 Å². The number of carbonyl (C=O) groups is 1. The van der Waals surface area contributed by atoms with Gasteiger partial charge in [-0.05, 0) is 40.2 Å². The van der Waals surface area contributed by atoms with Crippen LogP contribution < -0.4 is 10.2 Å². The lowest BCUT2D eigenvalue weighted by Crippen LogP contribution is -2.41. The Labute approximate surface area is 149 Å². The molecular weight excluding hydrogens is 405 g/mol. The van der Waals surface area contributed by atoms with Crippen LogP contribution in [-0.4, -0.2) is 34.1 Å². The summed E-state index contributed by atoms with van der Waals surface area (Å²) in [5, 5.41) is 15.4. The van der Waals surface area contributed by atoms with E-state index in [2.05, 4.69) is 26.3 Å². The highest BCUT2D eigenvalue weighted by molar-refractivity contribution is 9.10. The number of amides is 1. The van der Waals surface area contributed by atoms with Crippen molar-refractivity contribution in [3.05, 3.63) is 40.5 Å². The van der Waals surface area contributed by atoms with Crippen molar-refractivity contribution in [3.8, 4) is 0 Å². The first-order valence-electron chi connectivity index (χ1n) is 7.38. The van der Waals surface area contributed by atoms with E-state index in [1.807, 2.05) is 4.90 Å². The molecular formula is C15H14BrF3N4O2. The number of carboxylic acid groups (broad SMARTS) is 1. The molecule has 134 valence electrons. The zero-order valence-electron chi connectivity index (χ0n) is 12.8. The number of hydrogen-bond acceptors (Lipinski definition) is 3. The van der Waals surface area contributed by atoms with Gasteiger partial charge in [-0.15, -0.1) is 0 Å². The summed E-state index contributed by atoms with van der Waals surface area (Å²) < 4.78 is 40.7. The van der Waals surface area contributed by atoms with Crippen LogP contribution in [0.15, 0.2) is 34.9 Å². The Bertz CT molecular complexity index is 776. The summed E-state index contributed by atoms with van der Waals surface area (Å²) in [5.41, 5.74) is -0.139. The lowest BCUT2D eigenvalue weighted by Gasteiger charge is -2.35. The molecule has 25 heavy (non-hydrogen) atoms. The molecule has 1 unspecified atom stereocenters. The van der Waals surface area contributed by atoms with Gasteiger partial charge in [0.1, 0.15) is 5.82 Å². The first-order chi connectivity index (χ1) is 11.8. The first kappa shape index (κ1) is 17.6. The van der Waals surface area contributed by atoms with E-state index < -0.39 is 17.8 Å². The van der Waals surface area contributed by atoms with E-state index in [1.54, 1.807) is 10.9 Å². The number of halogens is 4. The van der Waals surface area contributed by atoms with Crippen LogP contribution in [0.2, 0.25) is 0 Å². The van der Waals surface area contributed by atoms with Gasteiger partial charge in [-0.2, -0.15) is 18.3 Å². The molecule has 1 aromatic carbocycles. The predicted molar refractivity (Wildman–Crippen MR) is 87.9 cm³/mol. The Kier molecular flexibility index (Phi) is 4.63. The average Bonchev–Trinajstić information content (AvgIpc) is 2.93. The van der Waals surface area contributed by atoms with Crippen molar-refractivity contribution < 1.29 is 23.1 Å². The SMILES string of the molecule is O=C(O)NCC1CN(c2ccc(C(F)(F)F)cc2)c2c(Br)cnn2C1. The monoisotopic (exact) mass is 418 g/mol. The standard InChI is InChI=1S/C15H14BrF3N4O2/c16-12-6-21-23-8-9(5-20-14(24)25)7-22(13(12)23)11-3-1-10(2-4-11)15(17,18)19/h1-4,6,9,20H,5,7-8H2,(H,24,25). The second-order valence-corrected chi connectivity index (χ2v) is 6.56. The number of aromatic nitrogens is 2. The Morgan fingerprint density at radius 1 is 1.32 bits per heavy atom. The summed E-state index contributed by atoms with van der Waals surface area (Å²) in [7, 11) is 0. The number of fused-ring (bicyclic) bond motifs is 1. The van der Waals surface area contributed by atoms with Crippen LogP contribution in [0, 0.1) is 5.92 Å². The van der Waals surface area contributed by atoms with Gasteiger partial charge in [0.25, 0.3) is 0 Å². The molecule has 0 radical (unpaired) electrons. The zero-order chi connectivity index (χ0) is 18.2. The van der Waals surface area contributed by atoms with E-state index in [-0.39, 0.29) is 12.5 Å². The number of benzene rings is 1. The van der Waals surface area contributed by atoms with Gasteiger partial charge in [-0.1, -0.05) is 0 Å². The molecule has 0 saturated carbocycles. The van der Waals surface area contributed by atoms with Crippen molar-refractivity contribution in [2.45, 2.75) is 12.7 Å². The van der Waals surface area contributed by atoms with Gasteiger partial charge in [0.05, 0.1) is 16.2 Å². The second kappa shape index (κ2) is 6.58. The van der Waals surface area contributed by atoms with Gasteiger partial charge in [-0.3, -0.25) is 0 Å². The maximum Gasteiger partial charge on any atom is 0.416 e. The lowest BCUT2D eigenvalue weighted by atomic mass is 10.1. The van der Waals surface area contributed by atoms with Gasteiger partial charge in [0.15, 0.2) is 0 Å². The molecule has 1 aromatic heterocycles. The third kappa shape index (κ3) is 3.73. The maximum absolute atomic E-state index is 12.8. The number of alkyl halides is 3. The maximum atomic E-state index is 12.8. The minimum Gasteiger partial charge on any atom is -0.465 e. The number of hydrogen-bond donors (Lipinski definition) is 2. The van der Waals surface area contributed by atoms with Gasteiger partial charge < -0.3 is 15.3 Å². The molecule has 1 atom stereocenters. The van der Waals surface area contributed by atoms with E-state index in [1.165, 1.54) is 12.1 Å². The Morgan fingerprint density at radius 3 is 2.60 bits per heavy atom. The minimum absolute atomic E-state index is 0.0716. The van der Waals surface area contributed by atoms with Crippen molar-refractivity contribution in [1.29, 1.82) is 0 Å². The fourth-order valence-corrected chi connectivity index (χ4v) is 3.33. The minimum atomic E-state index is -4.39. The highest BCUT2D eigenvalue weighted by atomic mass is 79.9. The summed E-state index contributed by atoms with van der Waals surface area (Å²) in [5.74, 6) is 0.657. The number of anilines is 2. The third-order valence-electron chi connectivity index (χ3n) is 3.94. The molecule has 1 amide bonds. The van der Waals surface area contributed by atoms with E-state index in [9.17, 15) is 18.0 Å². The van der Waals surface area contributed by atoms with Crippen LogP contribution in [0.5, 0.6) is 0 Å². The number of nitrogens with one attached hydrogen (secondary N) is 1. The molecule has 10 heteroatoms. The fraction of sp³-hybridized carbons (Fsp3) is 0.333. The summed E-state index contributed by atoms with van der Waals surface area (Å²) in [4.78, 5) is 12.5. The van der Waals surface area contributed by atoms with Gasteiger partial charge in [-0.25, -0.2) is 9.48 Å². The topological polar surface area (TPSA) is 70.4 Å². The Morgan fingerprint density at radius 2 is 2.00 bits per heavy atom. The van der Waals surface area contributed by atoms with Gasteiger partial charge in [0.2, 0.25) is 0 Å². The Balaban J connectivity index is 1.90. The van der Waals surface area contributed by atoms with Crippen molar-refractivity contribution in [2.24, 2.45) is 5.92 Å². The summed E-state index contributed by atoms with van der Waals surface area (Å²) >= 11 is 3.40. The van der Waals surface area contributed by atoms with E-state index in [0.29, 0.717) is 18.8 Å². The summed E-state index contributed by atoms with van der Waals surface area (Å²) in [6.07, 6.45) is -3.90. The van der Waals surface area contributed by atoms with Crippen molar-refractivity contribution in [1.82, 2.24) is 15.1 Å². The molecule has 3 rings (SSSR count). The van der Waals surface area contributed by atoms with Crippen molar-refractivity contribution >= 4 is 33.5 Å². The van der Waals surface area contributed by atoms with E-state index in [0.717, 1.165) is 22.4 Å². The Hall–Kier alpha value is -2.23. The molecule has 2 N–H and O–H groups in total. The molecule has 0 fully saturated rings. The molecule has 1 aliphatic heterocycles.